The largest absolute Gasteiger partial charge is 0.313 e. The van der Waals surface area contributed by atoms with Gasteiger partial charge in [0.15, 0.2) is 5.82 Å². The van der Waals surface area contributed by atoms with Gasteiger partial charge in [-0.05, 0) is 33.1 Å². The van der Waals surface area contributed by atoms with E-state index in [1.54, 1.807) is 0 Å². The molecule has 0 aromatic carbocycles. The molecule has 6 heteroatoms. The van der Waals surface area contributed by atoms with Gasteiger partial charge in [-0.1, -0.05) is 23.8 Å². The Hall–Kier alpha value is -1.98. The van der Waals surface area contributed by atoms with Crippen LogP contribution in [0.4, 0.5) is 0 Å². The molecule has 1 atom stereocenters. The van der Waals surface area contributed by atoms with Crippen LogP contribution >= 0.6 is 0 Å². The standard InChI is InChI=1S/C16H24N6/c1-12(2)6-4-7-13(3)14-10-21(20-17-14)11-16-19-18-15-8-5-9-22(15)16/h6,10,13H,4-5,7-9,11H2,1-3H3/t13-/m1/s1. The Morgan fingerprint density at radius 3 is 3.00 bits per heavy atom. The molecule has 118 valence electrons. The van der Waals surface area contributed by atoms with Crippen LogP contribution in [0.3, 0.4) is 0 Å². The maximum absolute atomic E-state index is 4.32. The number of rotatable bonds is 6. The number of hydrogen-bond acceptors (Lipinski definition) is 4. The normalized spacial score (nSPS) is 14.9. The summed E-state index contributed by atoms with van der Waals surface area (Å²) in [5.41, 5.74) is 2.43. The smallest absolute Gasteiger partial charge is 0.154 e. The fourth-order valence-electron chi connectivity index (χ4n) is 2.86. The van der Waals surface area contributed by atoms with E-state index in [-0.39, 0.29) is 0 Å². The summed E-state index contributed by atoms with van der Waals surface area (Å²) in [4.78, 5) is 0. The summed E-state index contributed by atoms with van der Waals surface area (Å²) >= 11 is 0. The molecular formula is C16H24N6. The van der Waals surface area contributed by atoms with Crippen molar-refractivity contribution in [3.05, 3.63) is 35.2 Å². The van der Waals surface area contributed by atoms with Gasteiger partial charge in [0.2, 0.25) is 0 Å². The maximum atomic E-state index is 4.32. The summed E-state index contributed by atoms with van der Waals surface area (Å²) in [7, 11) is 0. The van der Waals surface area contributed by atoms with Crippen molar-refractivity contribution < 1.29 is 0 Å². The van der Waals surface area contributed by atoms with Crippen LogP contribution in [0.2, 0.25) is 0 Å². The molecule has 0 aliphatic carbocycles. The van der Waals surface area contributed by atoms with E-state index in [1.807, 2.05) is 10.9 Å². The van der Waals surface area contributed by atoms with Crippen LogP contribution in [-0.2, 0) is 19.5 Å². The van der Waals surface area contributed by atoms with Crippen LogP contribution in [0.5, 0.6) is 0 Å². The number of allylic oxidation sites excluding steroid dienone is 2. The molecule has 0 saturated carbocycles. The molecule has 1 aliphatic heterocycles. The van der Waals surface area contributed by atoms with E-state index < -0.39 is 0 Å². The molecule has 0 radical (unpaired) electrons. The second-order valence-electron chi connectivity index (χ2n) is 6.39. The summed E-state index contributed by atoms with van der Waals surface area (Å²) in [6.07, 6.45) is 8.72. The average molecular weight is 300 g/mol. The lowest BCUT2D eigenvalue weighted by atomic mass is 10.0. The van der Waals surface area contributed by atoms with E-state index >= 15 is 0 Å². The fourth-order valence-corrected chi connectivity index (χ4v) is 2.86. The molecule has 22 heavy (non-hydrogen) atoms. The number of fused-ring (bicyclic) bond motifs is 1. The Bertz CT molecular complexity index is 662. The summed E-state index contributed by atoms with van der Waals surface area (Å²) in [5, 5.41) is 17.1. The molecule has 3 rings (SSSR count). The summed E-state index contributed by atoms with van der Waals surface area (Å²) < 4.78 is 4.09. The number of aryl methyl sites for hydroxylation is 1. The number of aromatic nitrogens is 6. The predicted molar refractivity (Wildman–Crippen MR) is 84.5 cm³/mol. The van der Waals surface area contributed by atoms with Crippen molar-refractivity contribution in [3.8, 4) is 0 Å². The maximum Gasteiger partial charge on any atom is 0.154 e. The highest BCUT2D eigenvalue weighted by molar-refractivity contribution is 5.05. The van der Waals surface area contributed by atoms with Gasteiger partial charge in [-0.3, -0.25) is 0 Å². The van der Waals surface area contributed by atoms with Crippen LogP contribution in [0.1, 0.15) is 63.3 Å². The molecule has 1 aliphatic rings. The van der Waals surface area contributed by atoms with Gasteiger partial charge in [-0.15, -0.1) is 15.3 Å². The molecule has 0 fully saturated rings. The zero-order valence-corrected chi connectivity index (χ0v) is 13.7. The van der Waals surface area contributed by atoms with Crippen LogP contribution in [0, 0.1) is 0 Å². The molecule has 3 heterocycles. The van der Waals surface area contributed by atoms with E-state index in [1.165, 1.54) is 12.0 Å². The predicted octanol–water partition coefficient (Wildman–Crippen LogP) is 2.71. The first-order chi connectivity index (χ1) is 10.6. The van der Waals surface area contributed by atoms with Crippen molar-refractivity contribution >= 4 is 0 Å². The SMILES string of the molecule is CC(C)=CCC[C@@H](C)c1cn(Cc2nnc3n2CCC3)nn1. The molecule has 0 bridgehead atoms. The highest BCUT2D eigenvalue weighted by Gasteiger charge is 2.18. The first kappa shape index (κ1) is 14.9. The van der Waals surface area contributed by atoms with Gasteiger partial charge in [0.1, 0.15) is 12.4 Å². The molecule has 2 aromatic rings. The second kappa shape index (κ2) is 6.42. The molecule has 0 unspecified atom stereocenters. The Labute approximate surface area is 131 Å². The van der Waals surface area contributed by atoms with E-state index in [0.29, 0.717) is 12.5 Å². The Balaban J connectivity index is 1.62. The van der Waals surface area contributed by atoms with Gasteiger partial charge in [0.05, 0.1) is 5.69 Å². The summed E-state index contributed by atoms with van der Waals surface area (Å²) in [6.45, 7) is 8.16. The van der Waals surface area contributed by atoms with E-state index in [2.05, 4.69) is 51.9 Å². The van der Waals surface area contributed by atoms with Gasteiger partial charge in [-0.25, -0.2) is 4.68 Å². The molecular weight excluding hydrogens is 276 g/mol. The lowest BCUT2D eigenvalue weighted by Crippen LogP contribution is -2.08. The number of hydrogen-bond donors (Lipinski definition) is 0. The van der Waals surface area contributed by atoms with Crippen molar-refractivity contribution in [1.29, 1.82) is 0 Å². The van der Waals surface area contributed by atoms with Gasteiger partial charge < -0.3 is 4.57 Å². The molecule has 0 N–H and O–H groups in total. The molecule has 0 saturated heterocycles. The highest BCUT2D eigenvalue weighted by atomic mass is 15.4. The van der Waals surface area contributed by atoms with Gasteiger partial charge in [0, 0.05) is 25.1 Å². The van der Waals surface area contributed by atoms with Crippen molar-refractivity contribution in [2.24, 2.45) is 0 Å². The zero-order chi connectivity index (χ0) is 15.5. The van der Waals surface area contributed by atoms with E-state index in [9.17, 15) is 0 Å². The quantitative estimate of drug-likeness (QED) is 0.770. The van der Waals surface area contributed by atoms with Gasteiger partial charge >= 0.3 is 0 Å². The second-order valence-corrected chi connectivity index (χ2v) is 6.39. The zero-order valence-electron chi connectivity index (χ0n) is 13.7. The summed E-state index contributed by atoms with van der Waals surface area (Å²) in [6, 6.07) is 0. The third-order valence-corrected chi connectivity index (χ3v) is 4.20. The molecule has 0 spiro atoms. The Morgan fingerprint density at radius 2 is 2.18 bits per heavy atom. The lowest BCUT2D eigenvalue weighted by molar-refractivity contribution is 0.586. The van der Waals surface area contributed by atoms with Crippen LogP contribution in [-0.4, -0.2) is 29.8 Å². The van der Waals surface area contributed by atoms with Gasteiger partial charge in [0.25, 0.3) is 0 Å². The monoisotopic (exact) mass is 300 g/mol. The van der Waals surface area contributed by atoms with E-state index in [0.717, 1.165) is 43.1 Å². The van der Waals surface area contributed by atoms with E-state index in [4.69, 9.17) is 0 Å². The minimum atomic E-state index is 0.425. The van der Waals surface area contributed by atoms with Crippen molar-refractivity contribution in [2.75, 3.05) is 0 Å². The first-order valence-electron chi connectivity index (χ1n) is 8.08. The van der Waals surface area contributed by atoms with Gasteiger partial charge in [-0.2, -0.15) is 0 Å². The average Bonchev–Trinajstić information content (AvgIpc) is 3.17. The van der Waals surface area contributed by atoms with Crippen LogP contribution < -0.4 is 0 Å². The molecule has 6 nitrogen and oxygen atoms in total. The minimum absolute atomic E-state index is 0.425. The minimum Gasteiger partial charge on any atom is -0.313 e. The fraction of sp³-hybridized carbons (Fsp3) is 0.625. The third-order valence-electron chi connectivity index (χ3n) is 4.20. The molecule has 0 amide bonds. The Morgan fingerprint density at radius 1 is 1.32 bits per heavy atom. The van der Waals surface area contributed by atoms with Crippen molar-refractivity contribution in [3.63, 3.8) is 0 Å². The first-order valence-corrected chi connectivity index (χ1v) is 8.08. The van der Waals surface area contributed by atoms with Crippen LogP contribution in [0.25, 0.3) is 0 Å². The Kier molecular flexibility index (Phi) is 4.36. The van der Waals surface area contributed by atoms with Crippen molar-refractivity contribution in [2.45, 2.75) is 65.5 Å². The highest BCUT2D eigenvalue weighted by Crippen LogP contribution is 2.19. The number of nitrogens with zero attached hydrogens (tertiary/aromatic N) is 6. The summed E-state index contributed by atoms with van der Waals surface area (Å²) in [5.74, 6) is 2.51. The third kappa shape index (κ3) is 3.26. The lowest BCUT2D eigenvalue weighted by Gasteiger charge is -2.05. The molecule has 2 aromatic heterocycles. The van der Waals surface area contributed by atoms with Crippen LogP contribution in [0.15, 0.2) is 17.8 Å². The topological polar surface area (TPSA) is 61.4 Å². The van der Waals surface area contributed by atoms with Crippen molar-refractivity contribution in [1.82, 2.24) is 29.8 Å².